The van der Waals surface area contributed by atoms with Gasteiger partial charge in [0.05, 0.1) is 17.1 Å². The number of hydrogen-bond acceptors (Lipinski definition) is 1. The second-order valence-corrected chi connectivity index (χ2v) is 3.89. The molecule has 0 saturated heterocycles. The van der Waals surface area contributed by atoms with Crippen molar-refractivity contribution in [2.75, 3.05) is 0 Å². The van der Waals surface area contributed by atoms with E-state index in [9.17, 15) is 5.11 Å². The molecule has 0 aliphatic rings. The Bertz CT molecular complexity index is 490. The van der Waals surface area contributed by atoms with Gasteiger partial charge in [-0.1, -0.05) is 35.3 Å². The van der Waals surface area contributed by atoms with Crippen LogP contribution in [0.15, 0.2) is 18.2 Å². The molecular formula is C10H9Cl2NO. The average molecular weight is 230 g/mol. The molecule has 0 spiro atoms. The third-order valence-corrected chi connectivity index (χ3v) is 3.14. The zero-order valence-electron chi connectivity index (χ0n) is 7.59. The number of halogens is 2. The zero-order valence-corrected chi connectivity index (χ0v) is 9.10. The van der Waals surface area contributed by atoms with Crippen LogP contribution in [-0.4, -0.2) is 9.67 Å². The first-order valence-electron chi connectivity index (χ1n) is 4.19. The van der Waals surface area contributed by atoms with E-state index < -0.39 is 0 Å². The van der Waals surface area contributed by atoms with Gasteiger partial charge < -0.3 is 9.67 Å². The lowest BCUT2D eigenvalue weighted by Crippen LogP contribution is -1.87. The summed E-state index contributed by atoms with van der Waals surface area (Å²) in [6.07, 6.45) is 0. The Kier molecular flexibility index (Phi) is 2.43. The molecule has 1 aromatic heterocycles. The number of aliphatic hydroxyl groups excluding tert-OH is 1. The van der Waals surface area contributed by atoms with Gasteiger partial charge >= 0.3 is 0 Å². The van der Waals surface area contributed by atoms with Crippen LogP contribution in [0, 0.1) is 0 Å². The predicted octanol–water partition coefficient (Wildman–Crippen LogP) is 2.98. The van der Waals surface area contributed by atoms with Crippen molar-refractivity contribution in [1.82, 2.24) is 4.57 Å². The molecule has 14 heavy (non-hydrogen) atoms. The molecule has 0 bridgehead atoms. The zero-order chi connectivity index (χ0) is 10.3. The summed E-state index contributed by atoms with van der Waals surface area (Å²) in [6, 6.07) is 5.56. The van der Waals surface area contributed by atoms with Gasteiger partial charge in [0, 0.05) is 18.0 Å². The number of benzene rings is 1. The molecule has 0 amide bonds. The van der Waals surface area contributed by atoms with Crippen molar-refractivity contribution in [2.45, 2.75) is 6.61 Å². The lowest BCUT2D eigenvalue weighted by molar-refractivity contribution is 0.283. The lowest BCUT2D eigenvalue weighted by Gasteiger charge is -1.98. The molecule has 0 aliphatic heterocycles. The lowest BCUT2D eigenvalue weighted by atomic mass is 10.2. The molecule has 74 valence electrons. The Morgan fingerprint density at radius 3 is 2.71 bits per heavy atom. The topological polar surface area (TPSA) is 25.2 Å². The summed E-state index contributed by atoms with van der Waals surface area (Å²) < 4.78 is 1.78. The maximum Gasteiger partial charge on any atom is 0.115 e. The summed E-state index contributed by atoms with van der Waals surface area (Å²) >= 11 is 12.1. The first kappa shape index (κ1) is 9.84. The van der Waals surface area contributed by atoms with E-state index in [1.165, 1.54) is 0 Å². The Morgan fingerprint density at radius 2 is 2.07 bits per heavy atom. The van der Waals surface area contributed by atoms with Crippen molar-refractivity contribution in [3.63, 3.8) is 0 Å². The number of nitrogens with zero attached hydrogens (tertiary/aromatic N) is 1. The molecule has 0 fully saturated rings. The Labute approximate surface area is 91.7 Å². The summed E-state index contributed by atoms with van der Waals surface area (Å²) in [5, 5.41) is 11.3. The minimum Gasteiger partial charge on any atom is -0.392 e. The minimum absolute atomic E-state index is 0.0729. The predicted molar refractivity (Wildman–Crippen MR) is 58.9 cm³/mol. The van der Waals surface area contributed by atoms with E-state index in [0.29, 0.717) is 10.2 Å². The van der Waals surface area contributed by atoms with Crippen molar-refractivity contribution in [2.24, 2.45) is 7.05 Å². The van der Waals surface area contributed by atoms with Crippen molar-refractivity contribution >= 4 is 34.1 Å². The summed E-state index contributed by atoms with van der Waals surface area (Å²) in [4.78, 5) is 0. The Balaban J connectivity index is 2.95. The second kappa shape index (κ2) is 3.46. The highest BCUT2D eigenvalue weighted by molar-refractivity contribution is 6.37. The van der Waals surface area contributed by atoms with Crippen LogP contribution in [0.4, 0.5) is 0 Å². The Hall–Kier alpha value is -0.700. The van der Waals surface area contributed by atoms with Crippen LogP contribution >= 0.6 is 23.2 Å². The summed E-state index contributed by atoms with van der Waals surface area (Å²) in [7, 11) is 1.83. The van der Waals surface area contributed by atoms with Gasteiger partial charge in [-0.15, -0.1) is 0 Å². The van der Waals surface area contributed by atoms with E-state index in [0.717, 1.165) is 16.5 Å². The quantitative estimate of drug-likeness (QED) is 0.800. The molecule has 0 radical (unpaired) electrons. The third kappa shape index (κ3) is 1.22. The van der Waals surface area contributed by atoms with Crippen molar-refractivity contribution in [3.8, 4) is 0 Å². The SMILES string of the molecule is Cn1c(Cl)c(CO)c2cccc(Cl)c21. The number of fused-ring (bicyclic) bond motifs is 1. The molecule has 0 aliphatic carbocycles. The van der Waals surface area contributed by atoms with Crippen LogP contribution < -0.4 is 0 Å². The fraction of sp³-hybridized carbons (Fsp3) is 0.200. The van der Waals surface area contributed by atoms with Crippen molar-refractivity contribution < 1.29 is 5.11 Å². The van der Waals surface area contributed by atoms with Crippen LogP contribution in [0.2, 0.25) is 10.2 Å². The normalized spacial score (nSPS) is 11.1. The molecule has 0 saturated carbocycles. The van der Waals surface area contributed by atoms with Gasteiger partial charge in [-0.05, 0) is 6.07 Å². The third-order valence-electron chi connectivity index (χ3n) is 2.35. The van der Waals surface area contributed by atoms with Crippen LogP contribution in [-0.2, 0) is 13.7 Å². The van der Waals surface area contributed by atoms with E-state index in [2.05, 4.69) is 0 Å². The number of aliphatic hydroxyl groups is 1. The summed E-state index contributed by atoms with van der Waals surface area (Å²) in [5.41, 5.74) is 1.59. The fourth-order valence-electron chi connectivity index (χ4n) is 1.66. The number of para-hydroxylation sites is 1. The van der Waals surface area contributed by atoms with Gasteiger partial charge in [-0.2, -0.15) is 0 Å². The van der Waals surface area contributed by atoms with Gasteiger partial charge in [0.25, 0.3) is 0 Å². The maximum atomic E-state index is 9.18. The average Bonchev–Trinajstić information content (AvgIpc) is 2.41. The monoisotopic (exact) mass is 229 g/mol. The highest BCUT2D eigenvalue weighted by Gasteiger charge is 2.14. The second-order valence-electron chi connectivity index (χ2n) is 3.12. The molecule has 2 aromatic rings. The number of aromatic nitrogens is 1. The van der Waals surface area contributed by atoms with E-state index in [-0.39, 0.29) is 6.61 Å². The minimum atomic E-state index is -0.0729. The fourth-order valence-corrected chi connectivity index (χ4v) is 2.21. The van der Waals surface area contributed by atoms with Gasteiger partial charge in [0.15, 0.2) is 0 Å². The molecule has 2 nitrogen and oxygen atoms in total. The molecule has 2 rings (SSSR count). The van der Waals surface area contributed by atoms with Gasteiger partial charge in [-0.3, -0.25) is 0 Å². The molecule has 0 atom stereocenters. The standard InChI is InChI=1S/C10H9Cl2NO/c1-13-9-6(3-2-4-8(9)11)7(5-14)10(13)12/h2-4,14H,5H2,1H3. The highest BCUT2D eigenvalue weighted by atomic mass is 35.5. The molecule has 0 unspecified atom stereocenters. The molecule has 1 N–H and O–H groups in total. The molecule has 1 aromatic carbocycles. The smallest absolute Gasteiger partial charge is 0.115 e. The van der Waals surface area contributed by atoms with Crippen LogP contribution in [0.3, 0.4) is 0 Å². The first-order chi connectivity index (χ1) is 6.66. The largest absolute Gasteiger partial charge is 0.392 e. The van der Waals surface area contributed by atoms with Gasteiger partial charge in [0.1, 0.15) is 5.15 Å². The highest BCUT2D eigenvalue weighted by Crippen LogP contribution is 2.33. The van der Waals surface area contributed by atoms with Crippen LogP contribution in [0.25, 0.3) is 10.9 Å². The van der Waals surface area contributed by atoms with E-state index >= 15 is 0 Å². The van der Waals surface area contributed by atoms with E-state index in [1.807, 2.05) is 19.2 Å². The number of hydrogen-bond donors (Lipinski definition) is 1. The Morgan fingerprint density at radius 1 is 1.36 bits per heavy atom. The maximum absolute atomic E-state index is 9.18. The van der Waals surface area contributed by atoms with E-state index in [4.69, 9.17) is 23.2 Å². The summed E-state index contributed by atoms with van der Waals surface area (Å²) in [5.74, 6) is 0. The van der Waals surface area contributed by atoms with Gasteiger partial charge in [-0.25, -0.2) is 0 Å². The number of rotatable bonds is 1. The van der Waals surface area contributed by atoms with Crippen LogP contribution in [0.5, 0.6) is 0 Å². The van der Waals surface area contributed by atoms with Crippen LogP contribution in [0.1, 0.15) is 5.56 Å². The van der Waals surface area contributed by atoms with Crippen molar-refractivity contribution in [1.29, 1.82) is 0 Å². The van der Waals surface area contributed by atoms with E-state index in [1.54, 1.807) is 10.6 Å². The molecular weight excluding hydrogens is 221 g/mol. The molecule has 4 heteroatoms. The van der Waals surface area contributed by atoms with Crippen molar-refractivity contribution in [3.05, 3.63) is 33.9 Å². The summed E-state index contributed by atoms with van der Waals surface area (Å²) in [6.45, 7) is -0.0729. The molecule has 1 heterocycles. The first-order valence-corrected chi connectivity index (χ1v) is 4.94. The van der Waals surface area contributed by atoms with Gasteiger partial charge in [0.2, 0.25) is 0 Å². The number of aryl methyl sites for hydroxylation is 1.